The molecule has 0 radical (unpaired) electrons. The molecule has 0 spiro atoms. The zero-order chi connectivity index (χ0) is 21.3. The molecule has 30 heavy (non-hydrogen) atoms. The number of aromatic nitrogens is 4. The molecule has 3 aromatic heterocycles. The molecule has 0 bridgehead atoms. The Morgan fingerprint density at radius 1 is 0.967 bits per heavy atom. The normalized spacial score (nSPS) is 10.8. The molecule has 8 nitrogen and oxygen atoms in total. The van der Waals surface area contributed by atoms with Crippen molar-refractivity contribution >= 4 is 34.6 Å². The van der Waals surface area contributed by atoms with E-state index in [1.807, 2.05) is 87.6 Å². The molecule has 0 aliphatic heterocycles. The van der Waals surface area contributed by atoms with Gasteiger partial charge in [0.1, 0.15) is 28.8 Å². The smallest absolute Gasteiger partial charge is 0.274 e. The SMILES string of the molecule is Cc1nc(Nc2ccc(NC(=O)c3c(C)nc4ccccn34)cc2)cc(N(C)C)n1. The van der Waals surface area contributed by atoms with Crippen LogP contribution in [-0.4, -0.2) is 39.4 Å². The molecule has 0 saturated heterocycles. The minimum atomic E-state index is -0.200. The molecule has 4 rings (SSSR count). The van der Waals surface area contributed by atoms with Crippen LogP contribution in [0.25, 0.3) is 5.65 Å². The van der Waals surface area contributed by atoms with Gasteiger partial charge in [-0.2, -0.15) is 0 Å². The van der Waals surface area contributed by atoms with Gasteiger partial charge in [-0.3, -0.25) is 9.20 Å². The van der Waals surface area contributed by atoms with Crippen LogP contribution in [-0.2, 0) is 0 Å². The Kier molecular flexibility index (Phi) is 5.05. The lowest BCUT2D eigenvalue weighted by atomic mass is 10.2. The van der Waals surface area contributed by atoms with Crippen molar-refractivity contribution in [2.24, 2.45) is 0 Å². The molecule has 1 amide bonds. The van der Waals surface area contributed by atoms with Crippen LogP contribution in [0.1, 0.15) is 22.0 Å². The zero-order valence-electron chi connectivity index (χ0n) is 17.3. The second-order valence-corrected chi connectivity index (χ2v) is 7.18. The van der Waals surface area contributed by atoms with Gasteiger partial charge >= 0.3 is 0 Å². The number of amides is 1. The maximum absolute atomic E-state index is 12.8. The molecule has 2 N–H and O–H groups in total. The van der Waals surface area contributed by atoms with Gasteiger partial charge in [0.05, 0.1) is 5.69 Å². The Morgan fingerprint density at radius 2 is 1.70 bits per heavy atom. The number of anilines is 4. The van der Waals surface area contributed by atoms with Gasteiger partial charge in [0.25, 0.3) is 5.91 Å². The molecule has 0 atom stereocenters. The van der Waals surface area contributed by atoms with Crippen LogP contribution < -0.4 is 15.5 Å². The first-order chi connectivity index (χ1) is 14.4. The van der Waals surface area contributed by atoms with E-state index < -0.39 is 0 Å². The standard InChI is InChI=1S/C22H23N7O/c1-14-21(29-12-6-5-7-19(29)23-14)22(30)27-17-10-8-16(9-11-17)26-18-13-20(28(3)4)25-15(2)24-18/h5-13H,1-4H3,(H,27,30)(H,24,25,26). The zero-order valence-corrected chi connectivity index (χ0v) is 17.3. The molecule has 152 valence electrons. The van der Waals surface area contributed by atoms with E-state index in [0.717, 1.165) is 17.2 Å². The maximum Gasteiger partial charge on any atom is 0.274 e. The number of carbonyl (C=O) groups is 1. The van der Waals surface area contributed by atoms with Crippen LogP contribution in [0.2, 0.25) is 0 Å². The van der Waals surface area contributed by atoms with E-state index in [2.05, 4.69) is 25.6 Å². The van der Waals surface area contributed by atoms with Crippen molar-refractivity contribution < 1.29 is 4.79 Å². The number of fused-ring (bicyclic) bond motifs is 1. The van der Waals surface area contributed by atoms with Gasteiger partial charge in [-0.1, -0.05) is 6.07 Å². The van der Waals surface area contributed by atoms with E-state index in [4.69, 9.17) is 0 Å². The summed E-state index contributed by atoms with van der Waals surface area (Å²) in [6.45, 7) is 3.69. The predicted molar refractivity (Wildman–Crippen MR) is 119 cm³/mol. The number of carbonyl (C=O) groups excluding carboxylic acids is 1. The number of hydrogen-bond acceptors (Lipinski definition) is 6. The highest BCUT2D eigenvalue weighted by molar-refractivity contribution is 6.04. The van der Waals surface area contributed by atoms with Gasteiger partial charge in [0.15, 0.2) is 0 Å². The van der Waals surface area contributed by atoms with E-state index >= 15 is 0 Å². The van der Waals surface area contributed by atoms with E-state index in [0.29, 0.717) is 28.7 Å². The minimum absolute atomic E-state index is 0.200. The van der Waals surface area contributed by atoms with Crippen molar-refractivity contribution in [2.45, 2.75) is 13.8 Å². The molecule has 0 aliphatic rings. The summed E-state index contributed by atoms with van der Waals surface area (Å²) in [7, 11) is 3.88. The number of imidazole rings is 1. The highest BCUT2D eigenvalue weighted by Crippen LogP contribution is 2.21. The van der Waals surface area contributed by atoms with Gasteiger partial charge < -0.3 is 15.5 Å². The summed E-state index contributed by atoms with van der Waals surface area (Å²) >= 11 is 0. The summed E-state index contributed by atoms with van der Waals surface area (Å²) in [5, 5.41) is 6.22. The highest BCUT2D eigenvalue weighted by Gasteiger charge is 2.16. The van der Waals surface area contributed by atoms with Gasteiger partial charge in [-0.15, -0.1) is 0 Å². The first-order valence-corrected chi connectivity index (χ1v) is 9.56. The Balaban J connectivity index is 1.50. The lowest BCUT2D eigenvalue weighted by Gasteiger charge is -2.14. The molecule has 4 aromatic rings. The van der Waals surface area contributed by atoms with E-state index in [1.165, 1.54) is 0 Å². The molecular formula is C22H23N7O. The third-order valence-corrected chi connectivity index (χ3v) is 4.62. The van der Waals surface area contributed by atoms with Gasteiger partial charge in [0.2, 0.25) is 0 Å². The van der Waals surface area contributed by atoms with E-state index in [1.54, 1.807) is 4.40 Å². The molecule has 0 aliphatic carbocycles. The average Bonchev–Trinajstić information content (AvgIpc) is 3.04. The number of rotatable bonds is 5. The Morgan fingerprint density at radius 3 is 2.43 bits per heavy atom. The van der Waals surface area contributed by atoms with Crippen LogP contribution >= 0.6 is 0 Å². The first-order valence-electron chi connectivity index (χ1n) is 9.56. The number of nitrogens with zero attached hydrogens (tertiary/aromatic N) is 5. The van der Waals surface area contributed by atoms with E-state index in [9.17, 15) is 4.79 Å². The monoisotopic (exact) mass is 401 g/mol. The molecule has 3 heterocycles. The van der Waals surface area contributed by atoms with Crippen LogP contribution in [0.4, 0.5) is 23.0 Å². The second-order valence-electron chi connectivity index (χ2n) is 7.18. The lowest BCUT2D eigenvalue weighted by molar-refractivity contribution is 0.102. The fourth-order valence-corrected chi connectivity index (χ4v) is 3.21. The molecule has 8 heteroatoms. The summed E-state index contributed by atoms with van der Waals surface area (Å²) < 4.78 is 1.79. The van der Waals surface area contributed by atoms with Crippen LogP contribution in [0, 0.1) is 13.8 Å². The van der Waals surface area contributed by atoms with Crippen LogP contribution in [0.3, 0.4) is 0 Å². The fraction of sp³-hybridized carbons (Fsp3) is 0.182. The van der Waals surface area contributed by atoms with Crippen LogP contribution in [0.15, 0.2) is 54.7 Å². The lowest BCUT2D eigenvalue weighted by Crippen LogP contribution is -2.15. The average molecular weight is 401 g/mol. The molecular weight excluding hydrogens is 378 g/mol. The molecule has 0 saturated carbocycles. The number of benzene rings is 1. The first kappa shape index (κ1) is 19.4. The largest absolute Gasteiger partial charge is 0.363 e. The fourth-order valence-electron chi connectivity index (χ4n) is 3.21. The van der Waals surface area contributed by atoms with Crippen molar-refractivity contribution in [3.05, 3.63) is 71.9 Å². The quantitative estimate of drug-likeness (QED) is 0.529. The van der Waals surface area contributed by atoms with Gasteiger partial charge in [-0.25, -0.2) is 15.0 Å². The Bertz CT molecular complexity index is 1210. The molecule has 0 unspecified atom stereocenters. The Labute approximate surface area is 174 Å². The van der Waals surface area contributed by atoms with E-state index in [-0.39, 0.29) is 5.91 Å². The minimum Gasteiger partial charge on any atom is -0.363 e. The molecule has 1 aromatic carbocycles. The third kappa shape index (κ3) is 3.93. The van der Waals surface area contributed by atoms with Crippen molar-refractivity contribution in [1.29, 1.82) is 0 Å². The van der Waals surface area contributed by atoms with Gasteiger partial charge in [-0.05, 0) is 50.2 Å². The van der Waals surface area contributed by atoms with Crippen molar-refractivity contribution in [2.75, 3.05) is 29.6 Å². The van der Waals surface area contributed by atoms with Crippen molar-refractivity contribution in [3.63, 3.8) is 0 Å². The Hall–Kier alpha value is -3.94. The summed E-state index contributed by atoms with van der Waals surface area (Å²) in [6.07, 6.45) is 1.84. The third-order valence-electron chi connectivity index (χ3n) is 4.62. The number of nitrogens with one attached hydrogen (secondary N) is 2. The number of pyridine rings is 1. The predicted octanol–water partition coefficient (Wildman–Crippen LogP) is 3.80. The number of aryl methyl sites for hydroxylation is 2. The van der Waals surface area contributed by atoms with Crippen molar-refractivity contribution in [3.8, 4) is 0 Å². The topological polar surface area (TPSA) is 87.4 Å². The number of hydrogen-bond donors (Lipinski definition) is 2. The van der Waals surface area contributed by atoms with Crippen molar-refractivity contribution in [1.82, 2.24) is 19.4 Å². The summed E-state index contributed by atoms with van der Waals surface area (Å²) in [5.74, 6) is 2.03. The summed E-state index contributed by atoms with van der Waals surface area (Å²) in [4.78, 5) is 28.0. The highest BCUT2D eigenvalue weighted by atomic mass is 16.2. The second kappa shape index (κ2) is 7.82. The van der Waals surface area contributed by atoms with Crippen LogP contribution in [0.5, 0.6) is 0 Å². The summed E-state index contributed by atoms with van der Waals surface area (Å²) in [6, 6.07) is 15.0. The molecule has 0 fully saturated rings. The maximum atomic E-state index is 12.8. The summed E-state index contributed by atoms with van der Waals surface area (Å²) in [5.41, 5.74) is 3.52. The van der Waals surface area contributed by atoms with Gasteiger partial charge in [0, 0.05) is 37.7 Å².